The summed E-state index contributed by atoms with van der Waals surface area (Å²) in [5.74, 6) is -0.769. The van der Waals surface area contributed by atoms with Crippen LogP contribution in [0.25, 0.3) is 0 Å². The summed E-state index contributed by atoms with van der Waals surface area (Å²) in [5, 5.41) is 15.6. The lowest BCUT2D eigenvalue weighted by molar-refractivity contribution is -0.136. The zero-order valence-electron chi connectivity index (χ0n) is 11.1. The Morgan fingerprint density at radius 1 is 1.40 bits per heavy atom. The molecule has 1 unspecified atom stereocenters. The molecule has 0 spiro atoms. The molecule has 0 radical (unpaired) electrons. The highest BCUT2D eigenvalue weighted by Gasteiger charge is 2.30. The smallest absolute Gasteiger partial charge is 0.356 e. The molecule has 20 heavy (non-hydrogen) atoms. The van der Waals surface area contributed by atoms with E-state index in [1.807, 2.05) is 4.90 Å². The van der Waals surface area contributed by atoms with Crippen LogP contribution in [0.5, 0.6) is 0 Å². The number of aromatic nitrogens is 2. The molecule has 1 atom stereocenters. The quantitative estimate of drug-likeness (QED) is 0.798. The highest BCUT2D eigenvalue weighted by Crippen LogP contribution is 2.25. The molecule has 1 amide bonds. The van der Waals surface area contributed by atoms with Crippen LogP contribution >= 0.6 is 0 Å². The van der Waals surface area contributed by atoms with Gasteiger partial charge in [-0.2, -0.15) is 5.10 Å². The second-order valence-corrected chi connectivity index (χ2v) is 5.33. The lowest BCUT2D eigenvalue weighted by atomic mass is 9.92. The number of aromatic amines is 1. The maximum absolute atomic E-state index is 12.4. The Hall–Kier alpha value is -2.11. The van der Waals surface area contributed by atoms with Gasteiger partial charge in [-0.05, 0) is 25.7 Å². The molecule has 1 aliphatic carbocycles. The maximum atomic E-state index is 12.4. The van der Waals surface area contributed by atoms with Gasteiger partial charge in [-0.25, -0.2) is 4.79 Å². The zero-order valence-corrected chi connectivity index (χ0v) is 11.1. The molecule has 0 fully saturated rings. The number of hydrogen-bond acceptors (Lipinski definition) is 3. The van der Waals surface area contributed by atoms with E-state index in [1.165, 1.54) is 0 Å². The van der Waals surface area contributed by atoms with Crippen molar-refractivity contribution in [1.82, 2.24) is 15.1 Å². The van der Waals surface area contributed by atoms with Gasteiger partial charge in [-0.3, -0.25) is 9.89 Å². The monoisotopic (exact) mass is 275 g/mol. The van der Waals surface area contributed by atoms with Gasteiger partial charge in [0, 0.05) is 18.0 Å². The molecular weight excluding hydrogens is 258 g/mol. The Morgan fingerprint density at radius 2 is 2.25 bits per heavy atom. The van der Waals surface area contributed by atoms with E-state index in [0.29, 0.717) is 19.5 Å². The minimum absolute atomic E-state index is 0.0726. The second kappa shape index (κ2) is 5.11. The summed E-state index contributed by atoms with van der Waals surface area (Å²) in [4.78, 5) is 25.3. The summed E-state index contributed by atoms with van der Waals surface area (Å²) < 4.78 is 0. The zero-order chi connectivity index (χ0) is 14.1. The van der Waals surface area contributed by atoms with Crippen LogP contribution in [0.4, 0.5) is 0 Å². The number of hydrogen-bond donors (Lipinski definition) is 2. The van der Waals surface area contributed by atoms with Crippen LogP contribution in [-0.4, -0.2) is 38.6 Å². The van der Waals surface area contributed by atoms with Gasteiger partial charge in [-0.15, -0.1) is 0 Å². The summed E-state index contributed by atoms with van der Waals surface area (Å²) in [6, 6.07) is 0. The maximum Gasteiger partial charge on any atom is 0.356 e. The minimum Gasteiger partial charge on any atom is -0.476 e. The summed E-state index contributed by atoms with van der Waals surface area (Å²) in [6.07, 6.45) is 7.42. The number of fused-ring (bicyclic) bond motifs is 1. The first kappa shape index (κ1) is 12.9. The molecule has 6 heteroatoms. The number of nitrogens with zero attached hydrogens (tertiary/aromatic N) is 2. The van der Waals surface area contributed by atoms with Gasteiger partial charge in [0.1, 0.15) is 0 Å². The van der Waals surface area contributed by atoms with Crippen LogP contribution < -0.4 is 0 Å². The number of rotatable bonds is 2. The highest BCUT2D eigenvalue weighted by molar-refractivity contribution is 5.87. The van der Waals surface area contributed by atoms with Crippen LogP contribution in [-0.2, 0) is 17.8 Å². The molecule has 6 nitrogen and oxygen atoms in total. The Bertz CT molecular complexity index is 576. The van der Waals surface area contributed by atoms with Crippen molar-refractivity contribution in [3.8, 4) is 0 Å². The Balaban J connectivity index is 1.74. The van der Waals surface area contributed by atoms with Crippen molar-refractivity contribution in [3.05, 3.63) is 29.1 Å². The van der Waals surface area contributed by atoms with E-state index in [2.05, 4.69) is 22.3 Å². The third kappa shape index (κ3) is 2.21. The van der Waals surface area contributed by atoms with Crippen LogP contribution in [0.2, 0.25) is 0 Å². The van der Waals surface area contributed by atoms with Gasteiger partial charge in [0.25, 0.3) is 0 Å². The Kier molecular flexibility index (Phi) is 3.30. The molecule has 3 rings (SSSR count). The normalized spacial score (nSPS) is 21.6. The van der Waals surface area contributed by atoms with E-state index in [4.69, 9.17) is 5.11 Å². The lowest BCUT2D eigenvalue weighted by Gasteiger charge is -2.30. The number of carboxylic acids is 1. The number of H-pyrrole nitrogens is 1. The molecule has 2 heterocycles. The third-order valence-electron chi connectivity index (χ3n) is 4.07. The predicted octanol–water partition coefficient (Wildman–Crippen LogP) is 1.35. The number of nitrogens with one attached hydrogen (secondary N) is 1. The number of allylic oxidation sites excluding steroid dienone is 2. The molecular formula is C14H17N3O3. The topological polar surface area (TPSA) is 86.3 Å². The number of amides is 1. The summed E-state index contributed by atoms with van der Waals surface area (Å²) >= 11 is 0. The third-order valence-corrected chi connectivity index (χ3v) is 4.07. The Morgan fingerprint density at radius 3 is 2.95 bits per heavy atom. The molecule has 0 saturated heterocycles. The first-order chi connectivity index (χ1) is 9.66. The highest BCUT2D eigenvalue weighted by atomic mass is 16.4. The van der Waals surface area contributed by atoms with Gasteiger partial charge in [0.15, 0.2) is 5.69 Å². The van der Waals surface area contributed by atoms with E-state index in [1.54, 1.807) is 0 Å². The lowest BCUT2D eigenvalue weighted by Crippen LogP contribution is -2.40. The molecule has 1 aromatic heterocycles. The van der Waals surface area contributed by atoms with Crippen LogP contribution in [0.1, 0.15) is 41.0 Å². The summed E-state index contributed by atoms with van der Waals surface area (Å²) in [5.41, 5.74) is 1.59. The fraction of sp³-hybridized carbons (Fsp3) is 0.500. The predicted molar refractivity (Wildman–Crippen MR) is 71.1 cm³/mol. The fourth-order valence-corrected chi connectivity index (χ4v) is 2.96. The van der Waals surface area contributed by atoms with E-state index in [9.17, 15) is 9.59 Å². The SMILES string of the molecule is O=C(O)c1n[nH]c2c1CCN(C(=O)C1CC=CCC1)C2. The molecule has 0 bridgehead atoms. The summed E-state index contributed by atoms with van der Waals surface area (Å²) in [7, 11) is 0. The molecule has 1 aliphatic heterocycles. The molecule has 2 aliphatic rings. The van der Waals surface area contributed by atoms with Gasteiger partial charge < -0.3 is 10.0 Å². The van der Waals surface area contributed by atoms with E-state index >= 15 is 0 Å². The van der Waals surface area contributed by atoms with Gasteiger partial charge in [0.05, 0.1) is 12.2 Å². The summed E-state index contributed by atoms with van der Waals surface area (Å²) in [6.45, 7) is 1.01. The number of aromatic carboxylic acids is 1. The van der Waals surface area contributed by atoms with E-state index in [0.717, 1.165) is 30.5 Å². The fourth-order valence-electron chi connectivity index (χ4n) is 2.96. The van der Waals surface area contributed by atoms with Gasteiger partial charge >= 0.3 is 5.97 Å². The number of carbonyl (C=O) groups is 2. The number of carboxylic acid groups (broad SMARTS) is 1. The molecule has 0 aromatic carbocycles. The van der Waals surface area contributed by atoms with Crippen LogP contribution in [0.3, 0.4) is 0 Å². The molecule has 106 valence electrons. The van der Waals surface area contributed by atoms with Crippen molar-refractivity contribution >= 4 is 11.9 Å². The molecule has 0 saturated carbocycles. The number of carbonyl (C=O) groups excluding carboxylic acids is 1. The standard InChI is InChI=1S/C14H17N3O3/c18-13(9-4-2-1-3-5-9)17-7-6-10-11(8-17)15-16-12(10)14(19)20/h1-2,9H,3-8H2,(H,15,16)(H,19,20). The average molecular weight is 275 g/mol. The Labute approximate surface area is 116 Å². The van der Waals surface area contributed by atoms with Crippen molar-refractivity contribution in [2.75, 3.05) is 6.54 Å². The first-order valence-electron chi connectivity index (χ1n) is 6.90. The molecule has 1 aromatic rings. The first-order valence-corrected chi connectivity index (χ1v) is 6.90. The van der Waals surface area contributed by atoms with Crippen molar-refractivity contribution < 1.29 is 14.7 Å². The van der Waals surface area contributed by atoms with Crippen molar-refractivity contribution in [2.45, 2.75) is 32.2 Å². The van der Waals surface area contributed by atoms with Crippen molar-refractivity contribution in [2.24, 2.45) is 5.92 Å². The van der Waals surface area contributed by atoms with Crippen LogP contribution in [0.15, 0.2) is 12.2 Å². The largest absolute Gasteiger partial charge is 0.476 e. The van der Waals surface area contributed by atoms with E-state index in [-0.39, 0.29) is 17.5 Å². The van der Waals surface area contributed by atoms with Crippen molar-refractivity contribution in [3.63, 3.8) is 0 Å². The van der Waals surface area contributed by atoms with Gasteiger partial charge in [0.2, 0.25) is 5.91 Å². The van der Waals surface area contributed by atoms with Crippen LogP contribution in [0, 0.1) is 5.92 Å². The average Bonchev–Trinajstić information content (AvgIpc) is 2.90. The van der Waals surface area contributed by atoms with Crippen molar-refractivity contribution in [1.29, 1.82) is 0 Å². The van der Waals surface area contributed by atoms with Gasteiger partial charge in [-0.1, -0.05) is 12.2 Å². The second-order valence-electron chi connectivity index (χ2n) is 5.33. The minimum atomic E-state index is -1.01. The molecule has 2 N–H and O–H groups in total. The van der Waals surface area contributed by atoms with E-state index < -0.39 is 5.97 Å².